The maximum absolute atomic E-state index is 14.9. The summed E-state index contributed by atoms with van der Waals surface area (Å²) in [4.78, 5) is 35.1. The van der Waals surface area contributed by atoms with Gasteiger partial charge in [0.05, 0.1) is 0 Å². The fourth-order valence-electron chi connectivity index (χ4n) is 2.59. The van der Waals surface area contributed by atoms with Crippen molar-refractivity contribution in [3.8, 4) is 0 Å². The Hall–Kier alpha value is -2.48. The van der Waals surface area contributed by atoms with Crippen molar-refractivity contribution < 1.29 is 43.6 Å². The quantitative estimate of drug-likeness (QED) is 0.243. The van der Waals surface area contributed by atoms with Crippen molar-refractivity contribution >= 4 is 17.9 Å². The first-order valence-corrected chi connectivity index (χ1v) is 8.90. The van der Waals surface area contributed by atoms with Crippen molar-refractivity contribution in [1.82, 2.24) is 20.9 Å². The van der Waals surface area contributed by atoms with E-state index in [9.17, 15) is 34.1 Å². The number of carbonyl (C=O) groups excluding carboxylic acids is 3. The number of nitrogens with one attached hydrogen (secondary N) is 3. The summed E-state index contributed by atoms with van der Waals surface area (Å²) >= 11 is 0. The second kappa shape index (κ2) is 9.35. The Morgan fingerprint density at radius 3 is 2.62 bits per heavy atom. The molecule has 12 nitrogen and oxygen atoms in total. The lowest BCUT2D eigenvalue weighted by Gasteiger charge is -2.35. The number of nitrogens with zero attached hydrogens (tertiary/aromatic N) is 1. The predicted octanol–water partition coefficient (Wildman–Crippen LogP) is -2.55. The zero-order valence-corrected chi connectivity index (χ0v) is 15.9. The van der Waals surface area contributed by atoms with Crippen LogP contribution in [0.4, 0.5) is 9.18 Å². The molecule has 13 heteroatoms. The number of aliphatic hydroxyl groups is 3. The fourth-order valence-corrected chi connectivity index (χ4v) is 2.59. The highest BCUT2D eigenvalue weighted by molar-refractivity contribution is 5.88. The van der Waals surface area contributed by atoms with Crippen LogP contribution in [-0.2, 0) is 19.1 Å². The molecular weight excluding hydrogens is 395 g/mol. The summed E-state index contributed by atoms with van der Waals surface area (Å²) in [6.45, 7) is 2.52. The molecule has 0 bridgehead atoms. The third-order valence-corrected chi connectivity index (χ3v) is 4.24. The van der Waals surface area contributed by atoms with E-state index in [4.69, 9.17) is 4.74 Å². The van der Waals surface area contributed by atoms with Crippen LogP contribution in [0.1, 0.15) is 13.8 Å². The van der Waals surface area contributed by atoms with Crippen LogP contribution in [0.5, 0.6) is 0 Å². The van der Waals surface area contributed by atoms with E-state index in [1.54, 1.807) is 13.8 Å². The number of alkyl halides is 1. The Morgan fingerprint density at radius 1 is 1.34 bits per heavy atom. The van der Waals surface area contributed by atoms with Crippen LogP contribution in [0, 0.1) is 5.92 Å². The highest BCUT2D eigenvalue weighted by Crippen LogP contribution is 2.35. The molecule has 0 saturated carbocycles. The molecular formula is C16H25FN4O8. The van der Waals surface area contributed by atoms with Crippen LogP contribution in [0.25, 0.3) is 0 Å². The van der Waals surface area contributed by atoms with Gasteiger partial charge < -0.3 is 45.6 Å². The van der Waals surface area contributed by atoms with Gasteiger partial charge in [0.2, 0.25) is 18.2 Å². The van der Waals surface area contributed by atoms with E-state index in [1.807, 2.05) is 0 Å². The monoisotopic (exact) mass is 420 g/mol. The summed E-state index contributed by atoms with van der Waals surface area (Å²) in [5.74, 6) is -3.98. The van der Waals surface area contributed by atoms with Crippen molar-refractivity contribution in [1.29, 1.82) is 0 Å². The lowest BCUT2D eigenvalue weighted by Crippen LogP contribution is -2.55. The Labute approximate surface area is 165 Å². The molecule has 3 amide bonds. The van der Waals surface area contributed by atoms with Gasteiger partial charge in [-0.2, -0.15) is 0 Å². The van der Waals surface area contributed by atoms with E-state index >= 15 is 0 Å². The molecule has 2 aliphatic rings. The number of aliphatic hydroxyl groups excluding tert-OH is 3. The molecule has 2 rings (SSSR count). The standard InChI is InChI=1S/C16H25FN4O8/c1-8(2)12(25)18-4-5-19-15(27)28-7-16(17)11(24)10(23)13(29-16)21-6-3-9(22)20-14(21)26/h3,6,8,10-11,13-14,23-24,26H,4-5,7H2,1-2H3,(H,18,25)(H,19,27)(H,20,22)/t10-,11+,13-,14?,16-/m1/s1. The van der Waals surface area contributed by atoms with Gasteiger partial charge in [0.1, 0.15) is 12.2 Å². The minimum atomic E-state index is -2.96. The van der Waals surface area contributed by atoms with Crippen LogP contribution >= 0.6 is 0 Å². The van der Waals surface area contributed by atoms with Gasteiger partial charge in [-0.25, -0.2) is 9.18 Å². The first-order chi connectivity index (χ1) is 13.5. The van der Waals surface area contributed by atoms with E-state index in [0.29, 0.717) is 0 Å². The average Bonchev–Trinajstić information content (AvgIpc) is 2.88. The highest BCUT2D eigenvalue weighted by atomic mass is 19.2. The van der Waals surface area contributed by atoms with E-state index in [2.05, 4.69) is 20.7 Å². The third kappa shape index (κ3) is 5.53. The normalized spacial score (nSPS) is 31.6. The topological polar surface area (TPSA) is 170 Å². The average molecular weight is 420 g/mol. The van der Waals surface area contributed by atoms with Crippen molar-refractivity contribution in [2.24, 2.45) is 5.92 Å². The number of ether oxygens (including phenoxy) is 2. The summed E-state index contributed by atoms with van der Waals surface area (Å²) < 4.78 is 24.6. The van der Waals surface area contributed by atoms with Crippen LogP contribution in [-0.4, -0.2) is 88.5 Å². The molecule has 0 radical (unpaired) electrons. The minimum absolute atomic E-state index is 0.0235. The largest absolute Gasteiger partial charge is 0.443 e. The number of hydrogen-bond donors (Lipinski definition) is 6. The third-order valence-electron chi connectivity index (χ3n) is 4.24. The van der Waals surface area contributed by atoms with Crippen LogP contribution in [0.2, 0.25) is 0 Å². The van der Waals surface area contributed by atoms with Crippen LogP contribution in [0.3, 0.4) is 0 Å². The summed E-state index contributed by atoms with van der Waals surface area (Å²) in [6.07, 6.45) is -6.04. The van der Waals surface area contributed by atoms with Gasteiger partial charge in [-0.15, -0.1) is 0 Å². The second-order valence-electron chi connectivity index (χ2n) is 6.82. The minimum Gasteiger partial charge on any atom is -0.443 e. The van der Waals surface area contributed by atoms with Gasteiger partial charge in [0, 0.05) is 31.3 Å². The van der Waals surface area contributed by atoms with Gasteiger partial charge in [-0.1, -0.05) is 13.8 Å². The SMILES string of the molecule is CC(C)C(=O)NCCNC(=O)OC[C@@]1(F)O[C@@H](N2C=CC(=O)NC2O)[C@H](O)[C@@H]1O. The van der Waals surface area contributed by atoms with E-state index in [-0.39, 0.29) is 24.9 Å². The lowest BCUT2D eigenvalue weighted by atomic mass is 10.1. The van der Waals surface area contributed by atoms with Gasteiger partial charge in [-0.05, 0) is 0 Å². The molecule has 1 unspecified atom stereocenters. The van der Waals surface area contributed by atoms with Crippen molar-refractivity contribution in [3.63, 3.8) is 0 Å². The van der Waals surface area contributed by atoms with Gasteiger partial charge in [0.25, 0.3) is 5.85 Å². The van der Waals surface area contributed by atoms with E-state index in [1.165, 1.54) is 0 Å². The van der Waals surface area contributed by atoms with E-state index in [0.717, 1.165) is 17.2 Å². The van der Waals surface area contributed by atoms with Crippen molar-refractivity contribution in [2.45, 2.75) is 44.5 Å². The molecule has 0 aromatic heterocycles. The van der Waals surface area contributed by atoms with Gasteiger partial charge >= 0.3 is 6.09 Å². The molecule has 29 heavy (non-hydrogen) atoms. The molecule has 2 heterocycles. The zero-order chi connectivity index (χ0) is 21.8. The number of halogens is 1. The maximum Gasteiger partial charge on any atom is 0.407 e. The highest BCUT2D eigenvalue weighted by Gasteiger charge is 2.58. The smallest absolute Gasteiger partial charge is 0.407 e. The molecule has 2 aliphatic heterocycles. The number of amides is 3. The summed E-state index contributed by atoms with van der Waals surface area (Å²) in [5, 5.41) is 36.8. The van der Waals surface area contributed by atoms with Crippen molar-refractivity contribution in [3.05, 3.63) is 12.3 Å². The zero-order valence-electron chi connectivity index (χ0n) is 15.9. The number of alkyl carbamates (subject to hydrolysis) is 1. The van der Waals surface area contributed by atoms with Crippen LogP contribution < -0.4 is 16.0 Å². The second-order valence-corrected chi connectivity index (χ2v) is 6.82. The summed E-state index contributed by atoms with van der Waals surface area (Å²) in [6, 6.07) is 0. The number of rotatable bonds is 7. The molecule has 5 atom stereocenters. The molecule has 1 saturated heterocycles. The van der Waals surface area contributed by atoms with Crippen molar-refractivity contribution in [2.75, 3.05) is 19.7 Å². The van der Waals surface area contributed by atoms with Crippen LogP contribution in [0.15, 0.2) is 12.3 Å². The maximum atomic E-state index is 14.9. The predicted molar refractivity (Wildman–Crippen MR) is 93.1 cm³/mol. The summed E-state index contributed by atoms with van der Waals surface area (Å²) in [7, 11) is 0. The Balaban J connectivity index is 1.84. The first-order valence-electron chi connectivity index (χ1n) is 8.90. The number of hydrogen-bond acceptors (Lipinski definition) is 9. The fraction of sp³-hybridized carbons (Fsp3) is 0.688. The molecule has 0 spiro atoms. The summed E-state index contributed by atoms with van der Waals surface area (Å²) in [5.41, 5.74) is 0. The Morgan fingerprint density at radius 2 is 2.00 bits per heavy atom. The van der Waals surface area contributed by atoms with Gasteiger partial charge in [-0.3, -0.25) is 9.59 Å². The molecule has 164 valence electrons. The Bertz CT molecular complexity index is 663. The Kier molecular flexibility index (Phi) is 7.35. The molecule has 1 fully saturated rings. The molecule has 0 aromatic carbocycles. The van der Waals surface area contributed by atoms with Gasteiger partial charge in [0.15, 0.2) is 12.8 Å². The van der Waals surface area contributed by atoms with E-state index < -0.39 is 49.2 Å². The molecule has 6 N–H and O–H groups in total. The molecule has 0 aliphatic carbocycles. The first kappa shape index (κ1) is 22.8. The lowest BCUT2D eigenvalue weighted by molar-refractivity contribution is -0.226. The molecule has 0 aromatic rings. The number of carbonyl (C=O) groups is 3.